The molecule has 2 aromatic rings. The Labute approximate surface area is 215 Å². The number of ether oxygens (including phenoxy) is 2. The van der Waals surface area contributed by atoms with Crippen molar-refractivity contribution in [1.82, 2.24) is 19.7 Å². The number of hydrogen-bond acceptors (Lipinski definition) is 7. The van der Waals surface area contributed by atoms with Crippen molar-refractivity contribution in [3.8, 4) is 17.3 Å². The lowest BCUT2D eigenvalue weighted by molar-refractivity contribution is -0.100. The highest BCUT2D eigenvalue weighted by Crippen LogP contribution is 2.80. The Morgan fingerprint density at radius 3 is 2.20 bits per heavy atom. The van der Waals surface area contributed by atoms with Gasteiger partial charge in [-0.15, -0.1) is 20.9 Å². The summed E-state index contributed by atoms with van der Waals surface area (Å²) in [5.74, 6) is -1.09. The van der Waals surface area contributed by atoms with Crippen LogP contribution in [-0.4, -0.2) is 103 Å². The van der Waals surface area contributed by atoms with E-state index < -0.39 is 33.1 Å². The molecule has 158 valence electrons. The predicted molar refractivity (Wildman–Crippen MR) is 139 cm³/mol. The van der Waals surface area contributed by atoms with Gasteiger partial charge < -0.3 is 15.2 Å². The maximum atomic E-state index is 9.50. The summed E-state index contributed by atoms with van der Waals surface area (Å²) in [4.78, 5) is 8.38. The van der Waals surface area contributed by atoms with Gasteiger partial charge in [0.15, 0.2) is 6.29 Å². The Morgan fingerprint density at radius 1 is 1.11 bits per heavy atom. The zero-order valence-electron chi connectivity index (χ0n) is 19.4. The van der Waals surface area contributed by atoms with Crippen molar-refractivity contribution in [1.29, 1.82) is 5.26 Å². The normalized spacial score (nSPS) is 20.6. The third kappa shape index (κ3) is 4.11. The van der Waals surface area contributed by atoms with Crippen LogP contribution in [0.1, 0.15) is 5.56 Å². The zero-order chi connectivity index (χ0) is 26.4. The summed E-state index contributed by atoms with van der Waals surface area (Å²) < 4.78 is 11.8. The minimum absolute atomic E-state index is 0.0574. The van der Waals surface area contributed by atoms with Crippen LogP contribution < -0.4 is 5.73 Å². The van der Waals surface area contributed by atoms with E-state index in [1.165, 1.54) is 37.6 Å². The van der Waals surface area contributed by atoms with E-state index in [9.17, 15) is 5.26 Å². The van der Waals surface area contributed by atoms with Crippen LogP contribution in [0.4, 0.5) is 5.82 Å². The molecule has 1 aliphatic rings. The number of methoxy groups -OCH3 is 2. The molecule has 0 saturated heterocycles. The van der Waals surface area contributed by atoms with Crippen LogP contribution in [0.15, 0.2) is 24.8 Å². The summed E-state index contributed by atoms with van der Waals surface area (Å²) in [6, 6.07) is 1.90. The third-order valence-corrected chi connectivity index (χ3v) is 6.58. The SMILES string of the molecule is [B]C1([B])C(/C(=C/C#N)n2cc(-c3ncnc(N)c3CC(OC)OC)cn2)C([B])([B])C([B])([B])C1([B])[B]. The van der Waals surface area contributed by atoms with Crippen LogP contribution in [-0.2, 0) is 15.9 Å². The summed E-state index contributed by atoms with van der Waals surface area (Å²) in [6.07, 6.45) is 5.06. The molecular formula is C19H16B8N6O2. The molecule has 0 amide bonds. The van der Waals surface area contributed by atoms with Crippen LogP contribution in [0.25, 0.3) is 17.0 Å². The minimum atomic E-state index is -2.14. The Bertz CT molecular complexity index is 1150. The molecule has 0 unspecified atom stereocenters. The number of nitrogens with two attached hydrogens (primary N) is 1. The van der Waals surface area contributed by atoms with Gasteiger partial charge in [-0.3, -0.25) is 0 Å². The molecule has 0 spiro atoms. The van der Waals surface area contributed by atoms with E-state index in [-0.39, 0.29) is 17.9 Å². The van der Waals surface area contributed by atoms with Crippen molar-refractivity contribution >= 4 is 74.3 Å². The van der Waals surface area contributed by atoms with E-state index in [1.807, 2.05) is 6.07 Å². The van der Waals surface area contributed by atoms with Crippen LogP contribution >= 0.6 is 0 Å². The van der Waals surface area contributed by atoms with Crippen LogP contribution in [0.2, 0.25) is 20.9 Å². The number of allylic oxidation sites excluding steroid dienone is 2. The monoisotopic (exact) mass is 448 g/mol. The molecule has 1 aliphatic carbocycles. The fourth-order valence-electron chi connectivity index (χ4n) is 4.32. The first-order valence-electron chi connectivity index (χ1n) is 10.3. The van der Waals surface area contributed by atoms with Gasteiger partial charge in [-0.1, -0.05) is 0 Å². The van der Waals surface area contributed by atoms with Crippen molar-refractivity contribution in [3.05, 3.63) is 30.4 Å². The molecule has 1 fully saturated rings. The van der Waals surface area contributed by atoms with Crippen molar-refractivity contribution in [2.75, 3.05) is 20.0 Å². The van der Waals surface area contributed by atoms with Crippen LogP contribution in [0.5, 0.6) is 0 Å². The highest BCUT2D eigenvalue weighted by Gasteiger charge is 2.65. The number of nitrogen functional groups attached to an aromatic ring is 1. The number of nitrogens with zero attached hydrogens (tertiary/aromatic N) is 5. The van der Waals surface area contributed by atoms with Gasteiger partial charge in [-0.2, -0.15) is 10.4 Å². The summed E-state index contributed by atoms with van der Waals surface area (Å²) in [5, 5.41) is 5.44. The molecule has 2 aromatic heterocycles. The zero-order valence-corrected chi connectivity index (χ0v) is 19.4. The second-order valence-electron chi connectivity index (χ2n) is 8.60. The molecule has 0 atom stereocenters. The molecular weight excluding hydrogens is 431 g/mol. The minimum Gasteiger partial charge on any atom is -0.383 e. The van der Waals surface area contributed by atoms with Gasteiger partial charge in [0.05, 0.1) is 86.4 Å². The van der Waals surface area contributed by atoms with Gasteiger partial charge in [0.25, 0.3) is 0 Å². The summed E-state index contributed by atoms with van der Waals surface area (Å²) >= 11 is 0. The average molecular weight is 447 g/mol. The Morgan fingerprint density at radius 2 is 1.69 bits per heavy atom. The lowest BCUT2D eigenvalue weighted by atomic mass is 9.17. The van der Waals surface area contributed by atoms with Crippen molar-refractivity contribution in [3.63, 3.8) is 0 Å². The summed E-state index contributed by atoms with van der Waals surface area (Å²) in [7, 11) is 52.8. The Hall–Kier alpha value is -2.24. The molecule has 35 heavy (non-hydrogen) atoms. The maximum absolute atomic E-state index is 9.50. The smallest absolute Gasteiger partial charge is 0.161 e. The van der Waals surface area contributed by atoms with E-state index >= 15 is 0 Å². The van der Waals surface area contributed by atoms with Crippen LogP contribution in [0, 0.1) is 17.2 Å². The first-order chi connectivity index (χ1) is 16.2. The first kappa shape index (κ1) is 27.3. The molecule has 0 bridgehead atoms. The molecule has 2 N–H and O–H groups in total. The maximum Gasteiger partial charge on any atom is 0.161 e. The lowest BCUT2D eigenvalue weighted by Gasteiger charge is -2.51. The third-order valence-electron chi connectivity index (χ3n) is 6.58. The van der Waals surface area contributed by atoms with E-state index in [0.29, 0.717) is 16.8 Å². The van der Waals surface area contributed by atoms with Gasteiger partial charge in [0, 0.05) is 44.0 Å². The van der Waals surface area contributed by atoms with E-state index in [0.717, 1.165) is 6.08 Å². The van der Waals surface area contributed by atoms with E-state index in [2.05, 4.69) is 15.1 Å². The van der Waals surface area contributed by atoms with Gasteiger partial charge in [0.2, 0.25) is 0 Å². The average Bonchev–Trinajstić information content (AvgIpc) is 3.28. The van der Waals surface area contributed by atoms with E-state index in [4.69, 9.17) is 78.0 Å². The van der Waals surface area contributed by atoms with Gasteiger partial charge >= 0.3 is 0 Å². The topological polar surface area (TPSA) is 112 Å². The van der Waals surface area contributed by atoms with Gasteiger partial charge in [-0.25, -0.2) is 14.6 Å². The highest BCUT2D eigenvalue weighted by molar-refractivity contribution is 6.68. The van der Waals surface area contributed by atoms with Crippen molar-refractivity contribution in [2.24, 2.45) is 5.92 Å². The molecule has 8 nitrogen and oxygen atoms in total. The molecule has 16 heteroatoms. The van der Waals surface area contributed by atoms with Crippen molar-refractivity contribution < 1.29 is 9.47 Å². The number of anilines is 1. The quantitative estimate of drug-likeness (QED) is 0.326. The van der Waals surface area contributed by atoms with Gasteiger partial charge in [0.1, 0.15) is 12.1 Å². The Balaban J connectivity index is 2.14. The number of rotatable bonds is 7. The van der Waals surface area contributed by atoms with E-state index in [1.54, 1.807) is 0 Å². The number of nitriles is 1. The second-order valence-corrected chi connectivity index (χ2v) is 8.60. The molecule has 2 heterocycles. The molecule has 1 saturated carbocycles. The number of aromatic nitrogens is 4. The summed E-state index contributed by atoms with van der Waals surface area (Å²) in [6.45, 7) is 0. The fourth-order valence-corrected chi connectivity index (χ4v) is 4.32. The Kier molecular flexibility index (Phi) is 7.29. The number of hydrogen-bond donors (Lipinski definition) is 1. The second kappa shape index (κ2) is 9.33. The molecule has 3 rings (SSSR count). The van der Waals surface area contributed by atoms with Crippen molar-refractivity contribution in [2.45, 2.75) is 33.6 Å². The van der Waals surface area contributed by atoms with Crippen LogP contribution in [0.3, 0.4) is 0 Å². The lowest BCUT2D eigenvalue weighted by Crippen LogP contribution is -2.39. The van der Waals surface area contributed by atoms with Gasteiger partial charge in [-0.05, 0) is 5.92 Å². The predicted octanol–water partition coefficient (Wildman–Crippen LogP) is -1.11. The molecule has 0 aliphatic heterocycles. The standard InChI is InChI=1S/C19H16B8N6O2/c1-34-12(35-2)5-10-13(30-8-31-15(10)29)9-6-32-33(7-9)11(3-4-28)14-16(20,21)18(24,25)19(26,27)17(14,22)23/h3,6-8,12,14H,5H2,1-2H3,(H2,29,30,31)/b11-3-. The fraction of sp³-hybridized carbons (Fsp3) is 0.474. The highest BCUT2D eigenvalue weighted by atomic mass is 16.7. The molecule has 16 radical (unpaired) electrons. The largest absolute Gasteiger partial charge is 0.383 e. The molecule has 0 aromatic carbocycles. The summed E-state index contributed by atoms with van der Waals surface area (Å²) in [5.41, 5.74) is 7.65. The first-order valence-corrected chi connectivity index (χ1v) is 10.3.